The first-order valence-corrected chi connectivity index (χ1v) is 8.67. The van der Waals surface area contributed by atoms with Gasteiger partial charge in [-0.25, -0.2) is 0 Å². The maximum atomic E-state index is 13.8. The third-order valence-electron chi connectivity index (χ3n) is 4.61. The minimum absolute atomic E-state index is 0.0384. The normalized spacial score (nSPS) is 24.3. The van der Waals surface area contributed by atoms with E-state index in [0.29, 0.717) is 0 Å². The van der Waals surface area contributed by atoms with E-state index in [1.54, 1.807) is 11.4 Å². The molecule has 0 saturated carbocycles. The fraction of sp³-hybridized carbons (Fsp3) is 0.222. The minimum atomic E-state index is -5.24. The van der Waals surface area contributed by atoms with Crippen LogP contribution in [-0.2, 0) is 0 Å². The number of nitro groups is 1. The zero-order chi connectivity index (χ0) is 21.4. The summed E-state index contributed by atoms with van der Waals surface area (Å²) in [6.07, 6.45) is -5.24. The molecule has 1 saturated heterocycles. The average Bonchev–Trinajstić information content (AvgIpc) is 2.67. The van der Waals surface area contributed by atoms with E-state index in [2.05, 4.69) is 5.32 Å². The summed E-state index contributed by atoms with van der Waals surface area (Å²) in [5.74, 6) is -3.03. The van der Waals surface area contributed by atoms with Gasteiger partial charge in [0.15, 0.2) is 10.9 Å². The fourth-order valence-electron chi connectivity index (χ4n) is 3.20. The summed E-state index contributed by atoms with van der Waals surface area (Å²) in [7, 11) is 0. The number of aliphatic hydroxyl groups is 1. The van der Waals surface area contributed by atoms with Crippen molar-refractivity contribution in [1.29, 1.82) is 0 Å². The molecule has 7 nitrogen and oxygen atoms in total. The Balaban J connectivity index is 2.14. The highest BCUT2D eigenvalue weighted by Crippen LogP contribution is 2.44. The number of carbonyl (C=O) groups excluding carboxylic acids is 1. The van der Waals surface area contributed by atoms with Crippen molar-refractivity contribution in [3.05, 3.63) is 75.8 Å². The van der Waals surface area contributed by atoms with Crippen molar-refractivity contribution in [2.75, 3.05) is 0 Å². The number of halogens is 3. The number of non-ortho nitro benzene ring substituents is 1. The Kier molecular flexibility index (Phi) is 5.28. The molecule has 2 aromatic carbocycles. The third-order valence-corrected chi connectivity index (χ3v) is 4.83. The molecule has 3 atom stereocenters. The number of hydrogen-bond acceptors (Lipinski definition) is 5. The van der Waals surface area contributed by atoms with Crippen LogP contribution in [0.25, 0.3) is 0 Å². The van der Waals surface area contributed by atoms with E-state index in [0.717, 1.165) is 12.1 Å². The number of carbonyl (C=O) groups is 1. The van der Waals surface area contributed by atoms with Gasteiger partial charge in [-0.05, 0) is 17.8 Å². The molecule has 2 aromatic rings. The Bertz CT molecular complexity index is 953. The second kappa shape index (κ2) is 7.41. The van der Waals surface area contributed by atoms with Crippen LogP contribution in [-0.4, -0.2) is 32.8 Å². The fourth-order valence-corrected chi connectivity index (χ4v) is 3.48. The number of benzene rings is 2. The predicted octanol–water partition coefficient (Wildman–Crippen LogP) is 2.86. The van der Waals surface area contributed by atoms with Gasteiger partial charge in [-0.15, -0.1) is 0 Å². The van der Waals surface area contributed by atoms with E-state index in [9.17, 15) is 33.2 Å². The molecule has 0 bridgehead atoms. The molecule has 0 aliphatic carbocycles. The lowest BCUT2D eigenvalue weighted by atomic mass is 9.77. The zero-order valence-corrected chi connectivity index (χ0v) is 15.3. The predicted molar refractivity (Wildman–Crippen MR) is 100.0 cm³/mol. The highest BCUT2D eigenvalue weighted by molar-refractivity contribution is 7.80. The summed E-state index contributed by atoms with van der Waals surface area (Å²) in [5.41, 5.74) is -3.84. The molecule has 1 aliphatic rings. The number of nitro benzene ring substituents is 1. The summed E-state index contributed by atoms with van der Waals surface area (Å²) in [6.45, 7) is 0. The molecule has 0 aromatic heterocycles. The van der Waals surface area contributed by atoms with Crippen molar-refractivity contribution in [3.8, 4) is 0 Å². The highest BCUT2D eigenvalue weighted by atomic mass is 32.1. The SMILES string of the molecule is O=C(c1ccccc1)[C@@H]1[C@H](c2ccc([N+](=O)[O-])cc2)NC(=S)N[C@]1(O)C(F)(F)F. The van der Waals surface area contributed by atoms with Gasteiger partial charge in [-0.2, -0.15) is 13.2 Å². The van der Waals surface area contributed by atoms with Gasteiger partial charge in [0, 0.05) is 17.7 Å². The highest BCUT2D eigenvalue weighted by Gasteiger charge is 2.65. The Morgan fingerprint density at radius 2 is 1.72 bits per heavy atom. The number of nitrogens with zero attached hydrogens (tertiary/aromatic N) is 1. The first-order chi connectivity index (χ1) is 13.5. The standard InChI is InChI=1S/C18H14F3N3O4S/c19-18(20,21)17(26)13(15(25)11-4-2-1-3-5-11)14(22-16(29)23-17)10-6-8-12(9-7-10)24(27)28/h1-9,13-14,26H,(H2,22,23,29)/t13-,14-,17+/m0/s1. The zero-order valence-electron chi connectivity index (χ0n) is 14.5. The van der Waals surface area contributed by atoms with Crippen LogP contribution in [0.15, 0.2) is 54.6 Å². The smallest absolute Gasteiger partial charge is 0.363 e. The van der Waals surface area contributed by atoms with E-state index in [1.165, 1.54) is 36.4 Å². The summed E-state index contributed by atoms with van der Waals surface area (Å²) >= 11 is 4.82. The van der Waals surface area contributed by atoms with Gasteiger partial charge in [-0.1, -0.05) is 42.5 Å². The van der Waals surface area contributed by atoms with E-state index in [1.807, 2.05) is 0 Å². The number of alkyl halides is 3. The molecule has 152 valence electrons. The van der Waals surface area contributed by atoms with Gasteiger partial charge < -0.3 is 15.7 Å². The largest absolute Gasteiger partial charge is 0.437 e. The van der Waals surface area contributed by atoms with E-state index in [4.69, 9.17) is 12.2 Å². The molecular formula is C18H14F3N3O4S. The van der Waals surface area contributed by atoms with Crippen LogP contribution < -0.4 is 10.6 Å². The van der Waals surface area contributed by atoms with Crippen LogP contribution in [0.4, 0.5) is 18.9 Å². The lowest BCUT2D eigenvalue weighted by Gasteiger charge is -2.46. The molecule has 3 N–H and O–H groups in total. The maximum absolute atomic E-state index is 13.8. The first kappa shape index (κ1) is 20.7. The number of ketones is 1. The number of hydrogen-bond donors (Lipinski definition) is 3. The van der Waals surface area contributed by atoms with E-state index < -0.39 is 39.7 Å². The van der Waals surface area contributed by atoms with Crippen LogP contribution in [0, 0.1) is 16.0 Å². The lowest BCUT2D eigenvalue weighted by molar-refractivity contribution is -0.384. The average molecular weight is 425 g/mol. The Morgan fingerprint density at radius 3 is 2.24 bits per heavy atom. The summed E-state index contributed by atoms with van der Waals surface area (Å²) in [6, 6.07) is 10.5. The van der Waals surface area contributed by atoms with Crippen molar-refractivity contribution in [2.45, 2.75) is 17.9 Å². The number of nitrogens with one attached hydrogen (secondary N) is 2. The first-order valence-electron chi connectivity index (χ1n) is 8.26. The van der Waals surface area contributed by atoms with Crippen molar-refractivity contribution in [3.63, 3.8) is 0 Å². The maximum Gasteiger partial charge on any atom is 0.437 e. The van der Waals surface area contributed by atoms with Crippen molar-refractivity contribution in [2.24, 2.45) is 5.92 Å². The number of thiocarbonyl (C=S) groups is 1. The van der Waals surface area contributed by atoms with Gasteiger partial charge >= 0.3 is 6.18 Å². The van der Waals surface area contributed by atoms with Crippen LogP contribution >= 0.6 is 12.2 Å². The number of rotatable bonds is 4. The van der Waals surface area contributed by atoms with E-state index >= 15 is 0 Å². The third kappa shape index (κ3) is 3.78. The van der Waals surface area contributed by atoms with Gasteiger partial charge in [0.25, 0.3) is 5.69 Å². The Labute approximate surface area is 167 Å². The molecule has 1 heterocycles. The van der Waals surface area contributed by atoms with Gasteiger partial charge in [0.05, 0.1) is 11.0 Å². The second-order valence-corrected chi connectivity index (χ2v) is 6.81. The Hall–Kier alpha value is -3.05. The van der Waals surface area contributed by atoms with Gasteiger partial charge in [0.1, 0.15) is 5.92 Å². The quantitative estimate of drug-likeness (QED) is 0.299. The summed E-state index contributed by atoms with van der Waals surface area (Å²) < 4.78 is 41.5. The molecule has 1 fully saturated rings. The minimum Gasteiger partial charge on any atom is -0.363 e. The summed E-state index contributed by atoms with van der Waals surface area (Å²) in [5, 5.41) is 25.3. The molecule has 11 heteroatoms. The van der Waals surface area contributed by atoms with E-state index in [-0.39, 0.29) is 16.8 Å². The topological polar surface area (TPSA) is 104 Å². The molecular weight excluding hydrogens is 411 g/mol. The molecule has 0 spiro atoms. The summed E-state index contributed by atoms with van der Waals surface area (Å²) in [4.78, 5) is 23.2. The molecule has 0 radical (unpaired) electrons. The van der Waals surface area contributed by atoms with Crippen molar-refractivity contribution in [1.82, 2.24) is 10.6 Å². The Morgan fingerprint density at radius 1 is 1.14 bits per heavy atom. The van der Waals surface area contributed by atoms with Crippen molar-refractivity contribution < 1.29 is 28.0 Å². The lowest BCUT2D eigenvalue weighted by Crippen LogP contribution is -2.72. The molecule has 3 rings (SSSR count). The molecule has 0 unspecified atom stereocenters. The van der Waals surface area contributed by atoms with Crippen LogP contribution in [0.2, 0.25) is 0 Å². The van der Waals surface area contributed by atoms with Crippen LogP contribution in [0.3, 0.4) is 0 Å². The van der Waals surface area contributed by atoms with Gasteiger partial charge in [0.2, 0.25) is 5.72 Å². The number of Topliss-reactive ketones (excluding diaryl/α,β-unsaturated/α-hetero) is 1. The van der Waals surface area contributed by atoms with Crippen molar-refractivity contribution >= 4 is 28.8 Å². The van der Waals surface area contributed by atoms with Gasteiger partial charge in [-0.3, -0.25) is 14.9 Å². The molecule has 0 amide bonds. The monoisotopic (exact) mass is 425 g/mol. The van der Waals surface area contributed by atoms with Crippen LogP contribution in [0.1, 0.15) is 22.0 Å². The second-order valence-electron chi connectivity index (χ2n) is 6.40. The molecule has 29 heavy (non-hydrogen) atoms. The molecule has 1 aliphatic heterocycles. The van der Waals surface area contributed by atoms with Crippen LogP contribution in [0.5, 0.6) is 0 Å².